The van der Waals surface area contributed by atoms with Crippen LogP contribution in [0.5, 0.6) is 0 Å². The predicted octanol–water partition coefficient (Wildman–Crippen LogP) is 2.92. The number of nitrogens with two attached hydrogens (primary N) is 1. The van der Waals surface area contributed by atoms with Crippen molar-refractivity contribution >= 4 is 11.1 Å². The predicted molar refractivity (Wildman–Crippen MR) is 71.3 cm³/mol. The summed E-state index contributed by atoms with van der Waals surface area (Å²) in [6.45, 7) is 0.573. The second-order valence-electron chi connectivity index (χ2n) is 4.28. The molecule has 0 spiro atoms. The number of oxazole rings is 1. The fourth-order valence-electron chi connectivity index (χ4n) is 2.24. The molecule has 3 rings (SSSR count). The summed E-state index contributed by atoms with van der Waals surface area (Å²) in [4.78, 5) is 4.12. The highest BCUT2D eigenvalue weighted by Gasteiger charge is 2.13. The summed E-state index contributed by atoms with van der Waals surface area (Å²) < 4.78 is 5.34. The summed E-state index contributed by atoms with van der Waals surface area (Å²) in [7, 11) is 0. The minimum Gasteiger partial charge on any atom is -0.443 e. The van der Waals surface area contributed by atoms with E-state index in [1.54, 1.807) is 0 Å². The van der Waals surface area contributed by atoms with E-state index in [2.05, 4.69) is 23.2 Å². The highest BCUT2D eigenvalue weighted by atomic mass is 16.3. The maximum atomic E-state index is 5.91. The van der Waals surface area contributed by atoms with E-state index >= 15 is 0 Å². The topological polar surface area (TPSA) is 52.0 Å². The van der Waals surface area contributed by atoms with Crippen LogP contribution in [0.1, 0.15) is 17.0 Å². The van der Waals surface area contributed by atoms with E-state index < -0.39 is 0 Å². The number of hydrogen-bond donors (Lipinski definition) is 1. The van der Waals surface area contributed by atoms with Crippen molar-refractivity contribution < 1.29 is 4.42 Å². The van der Waals surface area contributed by atoms with Crippen LogP contribution in [0.15, 0.2) is 59.3 Å². The van der Waals surface area contributed by atoms with E-state index in [-0.39, 0.29) is 5.92 Å². The van der Waals surface area contributed by atoms with Crippen LogP contribution in [0.4, 0.5) is 0 Å². The molecule has 2 aromatic carbocycles. The van der Waals surface area contributed by atoms with Gasteiger partial charge in [0.2, 0.25) is 0 Å². The second-order valence-corrected chi connectivity index (χ2v) is 4.28. The summed E-state index contributed by atoms with van der Waals surface area (Å²) in [6, 6.07) is 16.3. The van der Waals surface area contributed by atoms with Crippen molar-refractivity contribution in [2.45, 2.75) is 5.92 Å². The van der Waals surface area contributed by atoms with Crippen molar-refractivity contribution in [2.24, 2.45) is 5.73 Å². The van der Waals surface area contributed by atoms with Crippen LogP contribution in [0.25, 0.3) is 11.1 Å². The molecule has 0 saturated carbocycles. The Morgan fingerprint density at radius 1 is 1.06 bits per heavy atom. The third-order valence-corrected chi connectivity index (χ3v) is 3.20. The quantitative estimate of drug-likeness (QED) is 0.763. The molecule has 0 amide bonds. The third kappa shape index (κ3) is 1.89. The minimum atomic E-state index is 0.195. The molecule has 0 aliphatic heterocycles. The van der Waals surface area contributed by atoms with E-state index in [9.17, 15) is 0 Å². The molecule has 3 aromatic rings. The van der Waals surface area contributed by atoms with E-state index in [1.807, 2.05) is 30.3 Å². The van der Waals surface area contributed by atoms with E-state index in [0.717, 1.165) is 16.7 Å². The van der Waals surface area contributed by atoms with Gasteiger partial charge in [-0.2, -0.15) is 0 Å². The van der Waals surface area contributed by atoms with Crippen LogP contribution >= 0.6 is 0 Å². The lowest BCUT2D eigenvalue weighted by atomic mass is 9.91. The molecule has 0 fully saturated rings. The van der Waals surface area contributed by atoms with Gasteiger partial charge in [-0.3, -0.25) is 0 Å². The summed E-state index contributed by atoms with van der Waals surface area (Å²) in [6.07, 6.45) is 1.47. The molecule has 0 bridgehead atoms. The molecule has 0 aliphatic carbocycles. The van der Waals surface area contributed by atoms with Crippen molar-refractivity contribution in [2.75, 3.05) is 6.54 Å². The largest absolute Gasteiger partial charge is 0.443 e. The number of aromatic nitrogens is 1. The number of hydrogen-bond acceptors (Lipinski definition) is 3. The fraction of sp³-hybridized carbons (Fsp3) is 0.133. The maximum absolute atomic E-state index is 5.91. The average molecular weight is 238 g/mol. The molecule has 1 atom stereocenters. The smallest absolute Gasteiger partial charge is 0.181 e. The van der Waals surface area contributed by atoms with E-state index in [1.165, 1.54) is 12.0 Å². The van der Waals surface area contributed by atoms with Crippen LogP contribution in [0.2, 0.25) is 0 Å². The Balaban J connectivity index is 2.05. The molecule has 1 unspecified atom stereocenters. The lowest BCUT2D eigenvalue weighted by Crippen LogP contribution is -2.13. The lowest BCUT2D eigenvalue weighted by Gasteiger charge is -2.15. The standard InChI is InChI=1S/C15H14N2O/c16-9-13(11-4-2-1-3-5-11)12-6-7-14-15(8-12)18-10-17-14/h1-8,10,13H,9,16H2. The molecule has 3 heteroatoms. The van der Waals surface area contributed by atoms with Gasteiger partial charge in [0.15, 0.2) is 12.0 Å². The van der Waals surface area contributed by atoms with Crippen LogP contribution in [-0.4, -0.2) is 11.5 Å². The Hall–Kier alpha value is -2.13. The van der Waals surface area contributed by atoms with Crippen LogP contribution in [-0.2, 0) is 0 Å². The zero-order valence-corrected chi connectivity index (χ0v) is 9.91. The van der Waals surface area contributed by atoms with E-state index in [4.69, 9.17) is 10.2 Å². The Kier molecular flexibility index (Phi) is 2.82. The maximum Gasteiger partial charge on any atom is 0.181 e. The molecule has 90 valence electrons. The zero-order valence-electron chi connectivity index (χ0n) is 9.91. The van der Waals surface area contributed by atoms with Gasteiger partial charge in [-0.05, 0) is 23.3 Å². The van der Waals surface area contributed by atoms with Gasteiger partial charge in [-0.25, -0.2) is 4.98 Å². The third-order valence-electron chi connectivity index (χ3n) is 3.20. The highest BCUT2D eigenvalue weighted by Crippen LogP contribution is 2.26. The highest BCUT2D eigenvalue weighted by molar-refractivity contribution is 5.73. The van der Waals surface area contributed by atoms with Gasteiger partial charge in [0.25, 0.3) is 0 Å². The van der Waals surface area contributed by atoms with Crippen LogP contribution in [0.3, 0.4) is 0 Å². The lowest BCUT2D eigenvalue weighted by molar-refractivity contribution is 0.601. The van der Waals surface area contributed by atoms with Crippen LogP contribution < -0.4 is 5.73 Å². The molecular weight excluding hydrogens is 224 g/mol. The average Bonchev–Trinajstić information content (AvgIpc) is 2.88. The van der Waals surface area contributed by atoms with Gasteiger partial charge < -0.3 is 10.2 Å². The number of rotatable bonds is 3. The minimum absolute atomic E-state index is 0.195. The molecule has 1 aromatic heterocycles. The monoisotopic (exact) mass is 238 g/mol. The summed E-state index contributed by atoms with van der Waals surface area (Å²) in [5.74, 6) is 0.195. The van der Waals surface area contributed by atoms with Gasteiger partial charge in [0.05, 0.1) is 0 Å². The van der Waals surface area contributed by atoms with Crippen molar-refractivity contribution in [1.29, 1.82) is 0 Å². The van der Waals surface area contributed by atoms with Crippen molar-refractivity contribution in [3.63, 3.8) is 0 Å². The Bertz CT molecular complexity index is 646. The second kappa shape index (κ2) is 4.63. The number of nitrogens with zero attached hydrogens (tertiary/aromatic N) is 1. The zero-order chi connectivity index (χ0) is 12.4. The summed E-state index contributed by atoms with van der Waals surface area (Å²) in [5, 5.41) is 0. The molecule has 3 nitrogen and oxygen atoms in total. The first-order valence-electron chi connectivity index (χ1n) is 5.96. The van der Waals surface area contributed by atoms with E-state index in [0.29, 0.717) is 6.54 Å². The first-order valence-corrected chi connectivity index (χ1v) is 5.96. The molecule has 0 aliphatic rings. The first kappa shape index (κ1) is 11.0. The van der Waals surface area contributed by atoms with Crippen molar-refractivity contribution in [3.05, 3.63) is 66.1 Å². The molecule has 2 N–H and O–H groups in total. The Morgan fingerprint density at radius 2 is 1.89 bits per heavy atom. The van der Waals surface area contributed by atoms with Crippen molar-refractivity contribution in [3.8, 4) is 0 Å². The molecule has 0 radical (unpaired) electrons. The number of fused-ring (bicyclic) bond motifs is 1. The Labute approximate surface area is 105 Å². The number of benzene rings is 2. The van der Waals surface area contributed by atoms with Gasteiger partial charge >= 0.3 is 0 Å². The van der Waals surface area contributed by atoms with Gasteiger partial charge in [-0.15, -0.1) is 0 Å². The van der Waals surface area contributed by atoms with Crippen molar-refractivity contribution in [1.82, 2.24) is 4.98 Å². The van der Waals surface area contributed by atoms with Gasteiger partial charge in [0.1, 0.15) is 5.52 Å². The molecular formula is C15H14N2O. The van der Waals surface area contributed by atoms with Gasteiger partial charge in [0, 0.05) is 12.5 Å². The normalized spacial score (nSPS) is 12.7. The molecule has 0 saturated heterocycles. The summed E-state index contributed by atoms with van der Waals surface area (Å²) >= 11 is 0. The molecule has 1 heterocycles. The molecule has 18 heavy (non-hydrogen) atoms. The van der Waals surface area contributed by atoms with Gasteiger partial charge in [-0.1, -0.05) is 36.4 Å². The van der Waals surface area contributed by atoms with Crippen LogP contribution in [0, 0.1) is 0 Å². The fourth-order valence-corrected chi connectivity index (χ4v) is 2.24. The Morgan fingerprint density at radius 3 is 2.67 bits per heavy atom. The summed E-state index contributed by atoms with van der Waals surface area (Å²) in [5.41, 5.74) is 9.98. The SMILES string of the molecule is NCC(c1ccccc1)c1ccc2ncoc2c1. The first-order chi connectivity index (χ1) is 8.88.